The van der Waals surface area contributed by atoms with Crippen molar-refractivity contribution in [1.29, 1.82) is 0 Å². The minimum absolute atomic E-state index is 0.244. The average Bonchev–Trinajstić information content (AvgIpc) is 2.33. The van der Waals surface area contributed by atoms with Crippen LogP contribution in [0.5, 0.6) is 5.75 Å². The van der Waals surface area contributed by atoms with Gasteiger partial charge in [-0.15, -0.1) is 0 Å². The first-order chi connectivity index (χ1) is 8.97. The van der Waals surface area contributed by atoms with Crippen LogP contribution in [0.4, 0.5) is 5.69 Å². The van der Waals surface area contributed by atoms with Gasteiger partial charge in [-0.2, -0.15) is 0 Å². The molecular weight excluding hydrogens is 258 g/mol. The van der Waals surface area contributed by atoms with E-state index >= 15 is 0 Å². The van der Waals surface area contributed by atoms with E-state index in [-0.39, 0.29) is 5.75 Å². The highest BCUT2D eigenvalue weighted by Gasteiger charge is 2.08. The van der Waals surface area contributed by atoms with Crippen molar-refractivity contribution in [3.8, 4) is 5.75 Å². The first-order valence-corrected chi connectivity index (χ1v) is 6.61. The van der Waals surface area contributed by atoms with Crippen LogP contribution in [0.1, 0.15) is 16.7 Å². The Bertz CT molecular complexity index is 595. The first kappa shape index (κ1) is 13.8. The molecule has 100 valence electrons. The monoisotopic (exact) mass is 275 g/mol. The maximum Gasteiger partial charge on any atom is 0.116 e. The average molecular weight is 276 g/mol. The van der Waals surface area contributed by atoms with Gasteiger partial charge in [0.25, 0.3) is 0 Å². The Morgan fingerprint density at radius 3 is 2.53 bits per heavy atom. The maximum atomic E-state index is 9.53. The summed E-state index contributed by atoms with van der Waals surface area (Å²) in [5.74, 6) is 0.244. The first-order valence-electron chi connectivity index (χ1n) is 6.23. The van der Waals surface area contributed by atoms with E-state index in [0.29, 0.717) is 11.6 Å². The second-order valence-corrected chi connectivity index (χ2v) is 5.33. The van der Waals surface area contributed by atoms with Crippen molar-refractivity contribution >= 4 is 17.3 Å². The molecule has 0 atom stereocenters. The lowest BCUT2D eigenvalue weighted by atomic mass is 10.1. The highest BCUT2D eigenvalue weighted by atomic mass is 35.5. The number of nitrogens with zero attached hydrogens (tertiary/aromatic N) is 1. The van der Waals surface area contributed by atoms with Crippen molar-refractivity contribution in [3.63, 3.8) is 0 Å². The van der Waals surface area contributed by atoms with Gasteiger partial charge in [0, 0.05) is 24.3 Å². The Morgan fingerprint density at radius 2 is 1.84 bits per heavy atom. The number of aromatic hydroxyl groups is 1. The molecule has 0 aliphatic rings. The summed E-state index contributed by atoms with van der Waals surface area (Å²) < 4.78 is 0. The Hall–Kier alpha value is -1.67. The zero-order valence-electron chi connectivity index (χ0n) is 11.4. The molecule has 2 rings (SSSR count). The molecule has 0 saturated heterocycles. The number of phenols is 1. The molecule has 0 aliphatic heterocycles. The molecule has 2 aromatic rings. The number of rotatable bonds is 3. The molecule has 0 aromatic heterocycles. The van der Waals surface area contributed by atoms with Crippen LogP contribution in [0.15, 0.2) is 36.4 Å². The molecule has 0 bridgehead atoms. The summed E-state index contributed by atoms with van der Waals surface area (Å²) in [6.07, 6.45) is 0. The molecule has 0 fully saturated rings. The van der Waals surface area contributed by atoms with E-state index in [4.69, 9.17) is 11.6 Å². The van der Waals surface area contributed by atoms with E-state index in [0.717, 1.165) is 5.56 Å². The number of halogens is 1. The quantitative estimate of drug-likeness (QED) is 0.903. The number of aryl methyl sites for hydroxylation is 2. The lowest BCUT2D eigenvalue weighted by Crippen LogP contribution is -2.17. The Morgan fingerprint density at radius 1 is 1.11 bits per heavy atom. The van der Waals surface area contributed by atoms with E-state index in [1.54, 1.807) is 18.2 Å². The standard InChI is InChI=1S/C16H18ClNO/c1-11-4-7-16(12(2)8-11)18(3)10-13-9-14(19)5-6-15(13)17/h4-9,19H,10H2,1-3H3. The maximum absolute atomic E-state index is 9.53. The van der Waals surface area contributed by atoms with E-state index in [9.17, 15) is 5.11 Å². The zero-order chi connectivity index (χ0) is 14.0. The number of hydrogen-bond donors (Lipinski definition) is 1. The van der Waals surface area contributed by atoms with Gasteiger partial charge in [-0.3, -0.25) is 0 Å². The van der Waals surface area contributed by atoms with Gasteiger partial charge in [0.05, 0.1) is 0 Å². The van der Waals surface area contributed by atoms with Crippen molar-refractivity contribution < 1.29 is 5.11 Å². The van der Waals surface area contributed by atoms with E-state index in [1.165, 1.54) is 16.8 Å². The van der Waals surface area contributed by atoms with Crippen LogP contribution in [-0.2, 0) is 6.54 Å². The normalized spacial score (nSPS) is 10.5. The molecular formula is C16H18ClNO. The Labute approximate surface area is 119 Å². The third-order valence-electron chi connectivity index (χ3n) is 3.20. The van der Waals surface area contributed by atoms with E-state index in [1.807, 2.05) is 7.05 Å². The minimum Gasteiger partial charge on any atom is -0.508 e. The molecule has 0 radical (unpaired) electrons. The number of phenolic OH excluding ortho intramolecular Hbond substituents is 1. The summed E-state index contributed by atoms with van der Waals surface area (Å²) in [5, 5.41) is 10.2. The summed E-state index contributed by atoms with van der Waals surface area (Å²) >= 11 is 6.15. The molecule has 2 nitrogen and oxygen atoms in total. The van der Waals surface area contributed by atoms with Gasteiger partial charge in [-0.1, -0.05) is 29.3 Å². The van der Waals surface area contributed by atoms with Crippen molar-refractivity contribution in [3.05, 3.63) is 58.1 Å². The molecule has 2 aromatic carbocycles. The van der Waals surface area contributed by atoms with E-state index < -0.39 is 0 Å². The van der Waals surface area contributed by atoms with Gasteiger partial charge < -0.3 is 10.0 Å². The zero-order valence-corrected chi connectivity index (χ0v) is 12.2. The van der Waals surface area contributed by atoms with Gasteiger partial charge in [0.2, 0.25) is 0 Å². The highest BCUT2D eigenvalue weighted by Crippen LogP contribution is 2.26. The summed E-state index contributed by atoms with van der Waals surface area (Å²) in [5.41, 5.74) is 4.58. The lowest BCUT2D eigenvalue weighted by molar-refractivity contribution is 0.474. The van der Waals surface area contributed by atoms with Gasteiger partial charge in [-0.25, -0.2) is 0 Å². The predicted molar refractivity (Wildman–Crippen MR) is 81.1 cm³/mol. The SMILES string of the molecule is Cc1ccc(N(C)Cc2cc(O)ccc2Cl)c(C)c1. The molecule has 0 saturated carbocycles. The Kier molecular flexibility index (Phi) is 4.01. The topological polar surface area (TPSA) is 23.5 Å². The van der Waals surface area contributed by atoms with Crippen LogP contribution in [0.2, 0.25) is 5.02 Å². The van der Waals surface area contributed by atoms with Crippen LogP contribution in [0.25, 0.3) is 0 Å². The third kappa shape index (κ3) is 3.21. The molecule has 0 unspecified atom stereocenters. The summed E-state index contributed by atoms with van der Waals surface area (Å²) in [6, 6.07) is 11.4. The molecule has 0 spiro atoms. The fraction of sp³-hybridized carbons (Fsp3) is 0.250. The Balaban J connectivity index is 2.25. The van der Waals surface area contributed by atoms with Crippen LogP contribution >= 0.6 is 11.6 Å². The number of benzene rings is 2. The second kappa shape index (κ2) is 5.54. The fourth-order valence-corrected chi connectivity index (χ4v) is 2.43. The van der Waals surface area contributed by atoms with Crippen LogP contribution in [0, 0.1) is 13.8 Å². The van der Waals surface area contributed by atoms with Crippen LogP contribution in [-0.4, -0.2) is 12.2 Å². The largest absolute Gasteiger partial charge is 0.508 e. The molecule has 0 aliphatic carbocycles. The van der Waals surface area contributed by atoms with Gasteiger partial charge in [0.15, 0.2) is 0 Å². The van der Waals surface area contributed by atoms with Gasteiger partial charge in [-0.05, 0) is 49.2 Å². The summed E-state index contributed by atoms with van der Waals surface area (Å²) in [6.45, 7) is 4.85. The third-order valence-corrected chi connectivity index (χ3v) is 3.57. The summed E-state index contributed by atoms with van der Waals surface area (Å²) in [7, 11) is 2.03. The predicted octanol–water partition coefficient (Wildman–Crippen LogP) is 4.30. The van der Waals surface area contributed by atoms with Crippen molar-refractivity contribution in [1.82, 2.24) is 0 Å². The molecule has 19 heavy (non-hydrogen) atoms. The van der Waals surface area contributed by atoms with Crippen LogP contribution < -0.4 is 4.90 Å². The van der Waals surface area contributed by atoms with Crippen molar-refractivity contribution in [2.75, 3.05) is 11.9 Å². The van der Waals surface area contributed by atoms with Gasteiger partial charge >= 0.3 is 0 Å². The minimum atomic E-state index is 0.244. The summed E-state index contributed by atoms with van der Waals surface area (Å²) in [4.78, 5) is 2.13. The van der Waals surface area contributed by atoms with Crippen molar-refractivity contribution in [2.24, 2.45) is 0 Å². The van der Waals surface area contributed by atoms with Gasteiger partial charge in [0.1, 0.15) is 5.75 Å². The smallest absolute Gasteiger partial charge is 0.116 e. The van der Waals surface area contributed by atoms with Crippen molar-refractivity contribution in [2.45, 2.75) is 20.4 Å². The molecule has 1 N–H and O–H groups in total. The number of anilines is 1. The van der Waals surface area contributed by atoms with Crippen LogP contribution in [0.3, 0.4) is 0 Å². The molecule has 0 heterocycles. The molecule has 0 amide bonds. The number of hydrogen-bond acceptors (Lipinski definition) is 2. The second-order valence-electron chi connectivity index (χ2n) is 4.92. The molecule has 3 heteroatoms. The lowest BCUT2D eigenvalue weighted by Gasteiger charge is -2.22. The van der Waals surface area contributed by atoms with E-state index in [2.05, 4.69) is 36.9 Å². The highest BCUT2D eigenvalue weighted by molar-refractivity contribution is 6.31. The fourth-order valence-electron chi connectivity index (χ4n) is 2.26.